The van der Waals surface area contributed by atoms with E-state index in [0.29, 0.717) is 11.1 Å². The van der Waals surface area contributed by atoms with Crippen molar-refractivity contribution in [3.05, 3.63) is 95.7 Å². The maximum absolute atomic E-state index is 13.8. The number of nitrogens with one attached hydrogen (secondary N) is 1. The van der Waals surface area contributed by atoms with Crippen LogP contribution in [0.4, 0.5) is 17.6 Å². The SMILES string of the molecule is O=C(N[C@@H]1CCO[C@]12O[C@H](CO)[C@H](O)[C@H](n1cc(-c3cc(F)c(F)c(F)c3)nn1)[C@H]2O)c1cccc(-c2cccc(F)c2)c1. The lowest BCUT2D eigenvalue weighted by Gasteiger charge is -2.49. The number of aromatic nitrogens is 3. The Balaban J connectivity index is 1.28. The highest BCUT2D eigenvalue weighted by Gasteiger charge is 2.62. The van der Waals surface area contributed by atoms with Gasteiger partial charge < -0.3 is 30.1 Å². The normalized spacial score (nSPS) is 26.7. The number of aliphatic hydroxyl groups excluding tert-OH is 3. The summed E-state index contributed by atoms with van der Waals surface area (Å²) in [7, 11) is 0. The minimum absolute atomic E-state index is 0.0308. The number of carbonyl (C=O) groups excluding carboxylic acids is 1. The monoisotopic (exact) mass is 614 g/mol. The van der Waals surface area contributed by atoms with E-state index >= 15 is 0 Å². The molecule has 0 aliphatic carbocycles. The average Bonchev–Trinajstić information content (AvgIpc) is 3.66. The Hall–Kier alpha value is -4.21. The van der Waals surface area contributed by atoms with Gasteiger partial charge in [-0.3, -0.25) is 4.79 Å². The van der Waals surface area contributed by atoms with E-state index in [1.54, 1.807) is 36.4 Å². The van der Waals surface area contributed by atoms with E-state index in [-0.39, 0.29) is 29.8 Å². The van der Waals surface area contributed by atoms with Gasteiger partial charge in [-0.05, 0) is 53.9 Å². The number of carbonyl (C=O) groups is 1. The van der Waals surface area contributed by atoms with Crippen LogP contribution in [0.5, 0.6) is 0 Å². The third kappa shape index (κ3) is 5.24. The lowest BCUT2D eigenvalue weighted by Crippen LogP contribution is -2.69. The van der Waals surface area contributed by atoms with E-state index in [1.165, 1.54) is 18.3 Å². The first kappa shape index (κ1) is 29.8. The summed E-state index contributed by atoms with van der Waals surface area (Å²) in [5.41, 5.74) is 1.13. The van der Waals surface area contributed by atoms with Crippen LogP contribution in [0.15, 0.2) is 66.9 Å². The molecule has 230 valence electrons. The Kier molecular flexibility index (Phi) is 7.94. The number of ether oxygens (including phenoxy) is 2. The van der Waals surface area contributed by atoms with Crippen LogP contribution >= 0.6 is 0 Å². The molecule has 3 heterocycles. The first-order valence-electron chi connectivity index (χ1n) is 13.6. The number of halogens is 4. The quantitative estimate of drug-likeness (QED) is 0.192. The van der Waals surface area contributed by atoms with Gasteiger partial charge in [-0.1, -0.05) is 29.5 Å². The van der Waals surface area contributed by atoms with Gasteiger partial charge in [0, 0.05) is 11.1 Å². The Morgan fingerprint density at radius 2 is 1.70 bits per heavy atom. The van der Waals surface area contributed by atoms with Crippen molar-refractivity contribution in [3.63, 3.8) is 0 Å². The smallest absolute Gasteiger partial charge is 0.251 e. The minimum Gasteiger partial charge on any atom is -0.394 e. The summed E-state index contributed by atoms with van der Waals surface area (Å²) < 4.78 is 67.7. The molecule has 44 heavy (non-hydrogen) atoms. The Morgan fingerprint density at radius 3 is 2.41 bits per heavy atom. The number of benzene rings is 3. The molecule has 6 rings (SSSR count). The van der Waals surface area contributed by atoms with Gasteiger partial charge in [-0.15, -0.1) is 5.10 Å². The summed E-state index contributed by atoms with van der Waals surface area (Å²) >= 11 is 0. The van der Waals surface area contributed by atoms with Crippen LogP contribution in [0.2, 0.25) is 0 Å². The van der Waals surface area contributed by atoms with Gasteiger partial charge in [-0.2, -0.15) is 0 Å². The molecule has 1 aromatic heterocycles. The van der Waals surface area contributed by atoms with Crippen molar-refractivity contribution >= 4 is 5.91 Å². The topological polar surface area (TPSA) is 139 Å². The summed E-state index contributed by atoms with van der Waals surface area (Å²) in [5, 5.41) is 43.2. The molecule has 1 spiro atoms. The largest absolute Gasteiger partial charge is 0.394 e. The molecule has 14 heteroatoms. The van der Waals surface area contributed by atoms with Crippen molar-refractivity contribution in [2.24, 2.45) is 0 Å². The van der Waals surface area contributed by atoms with E-state index in [2.05, 4.69) is 15.6 Å². The highest BCUT2D eigenvalue weighted by molar-refractivity contribution is 5.95. The molecule has 0 saturated carbocycles. The number of rotatable bonds is 6. The predicted octanol–water partition coefficient (Wildman–Crippen LogP) is 2.74. The maximum Gasteiger partial charge on any atom is 0.251 e. The molecule has 0 radical (unpaired) electrons. The molecule has 2 saturated heterocycles. The third-order valence-electron chi connectivity index (χ3n) is 7.89. The second-order valence-electron chi connectivity index (χ2n) is 10.6. The van der Waals surface area contributed by atoms with Gasteiger partial charge in [0.2, 0.25) is 5.79 Å². The van der Waals surface area contributed by atoms with Crippen LogP contribution in [-0.4, -0.2) is 79.6 Å². The van der Waals surface area contributed by atoms with E-state index in [1.807, 2.05) is 0 Å². The molecule has 4 N–H and O–H groups in total. The van der Waals surface area contributed by atoms with Gasteiger partial charge in [0.1, 0.15) is 35.9 Å². The Labute approximate surface area is 247 Å². The van der Waals surface area contributed by atoms with Crippen LogP contribution in [0.25, 0.3) is 22.4 Å². The third-order valence-corrected chi connectivity index (χ3v) is 7.89. The zero-order valence-corrected chi connectivity index (χ0v) is 22.8. The van der Waals surface area contributed by atoms with Crippen LogP contribution < -0.4 is 5.32 Å². The lowest BCUT2D eigenvalue weighted by molar-refractivity contribution is -0.344. The van der Waals surface area contributed by atoms with Gasteiger partial charge >= 0.3 is 0 Å². The van der Waals surface area contributed by atoms with Crippen molar-refractivity contribution in [2.75, 3.05) is 13.2 Å². The first-order chi connectivity index (χ1) is 21.1. The summed E-state index contributed by atoms with van der Waals surface area (Å²) in [6.07, 6.45) is -3.23. The van der Waals surface area contributed by atoms with Gasteiger partial charge in [0.15, 0.2) is 17.5 Å². The van der Waals surface area contributed by atoms with Crippen LogP contribution in [-0.2, 0) is 9.47 Å². The van der Waals surface area contributed by atoms with Crippen LogP contribution in [0.1, 0.15) is 22.8 Å². The second-order valence-corrected chi connectivity index (χ2v) is 10.6. The maximum atomic E-state index is 13.8. The molecular formula is C30H26F4N4O6. The van der Waals surface area contributed by atoms with Gasteiger partial charge in [0.05, 0.1) is 25.5 Å². The van der Waals surface area contributed by atoms with E-state index in [0.717, 1.165) is 16.8 Å². The van der Waals surface area contributed by atoms with Crippen molar-refractivity contribution in [2.45, 2.75) is 42.6 Å². The van der Waals surface area contributed by atoms with Crippen molar-refractivity contribution in [1.82, 2.24) is 20.3 Å². The molecule has 3 aromatic carbocycles. The van der Waals surface area contributed by atoms with Crippen LogP contribution in [0.3, 0.4) is 0 Å². The first-order valence-corrected chi connectivity index (χ1v) is 13.6. The zero-order chi connectivity index (χ0) is 31.2. The summed E-state index contributed by atoms with van der Waals surface area (Å²) in [6.45, 7) is -0.676. The Bertz CT molecular complexity index is 1680. The molecule has 10 nitrogen and oxygen atoms in total. The van der Waals surface area contributed by atoms with E-state index in [4.69, 9.17) is 9.47 Å². The summed E-state index contributed by atoms with van der Waals surface area (Å²) in [6, 6.07) is 11.5. The average molecular weight is 615 g/mol. The predicted molar refractivity (Wildman–Crippen MR) is 145 cm³/mol. The zero-order valence-electron chi connectivity index (χ0n) is 22.8. The second kappa shape index (κ2) is 11.7. The molecule has 2 aliphatic rings. The molecule has 6 atom stereocenters. The molecule has 0 bridgehead atoms. The molecule has 4 aromatic rings. The number of hydrogen-bond donors (Lipinski definition) is 4. The number of hydrogen-bond acceptors (Lipinski definition) is 8. The van der Waals surface area contributed by atoms with Crippen molar-refractivity contribution < 1.29 is 47.1 Å². The number of aliphatic hydroxyl groups is 3. The Morgan fingerprint density at radius 1 is 1.00 bits per heavy atom. The van der Waals surface area contributed by atoms with Crippen molar-refractivity contribution in [1.29, 1.82) is 0 Å². The standard InChI is InChI=1S/C30H26F4N4O6/c31-19-6-2-4-16(10-19)15-3-1-5-17(9-15)29(42)35-24-7-8-43-30(24)28(41)26(27(40)23(14-39)44-30)38-13-22(36-37-38)18-11-20(32)25(34)21(33)12-18/h1-6,9-13,23-24,26-28,39-41H,7-8,14H2,(H,35,42)/t23-,24-,26+,27+,28-,30+/m1/s1. The van der Waals surface area contributed by atoms with E-state index in [9.17, 15) is 37.7 Å². The molecule has 2 fully saturated rings. The van der Waals surface area contributed by atoms with Gasteiger partial charge in [0.25, 0.3) is 5.91 Å². The number of nitrogens with zero attached hydrogens (tertiary/aromatic N) is 3. The fourth-order valence-electron chi connectivity index (χ4n) is 5.69. The highest BCUT2D eigenvalue weighted by atomic mass is 19.2. The summed E-state index contributed by atoms with van der Waals surface area (Å²) in [4.78, 5) is 13.4. The van der Waals surface area contributed by atoms with Crippen LogP contribution in [0, 0.1) is 23.3 Å². The van der Waals surface area contributed by atoms with Gasteiger partial charge in [-0.25, -0.2) is 22.2 Å². The molecule has 2 aliphatic heterocycles. The number of amides is 1. The molecule has 1 amide bonds. The highest BCUT2D eigenvalue weighted by Crippen LogP contribution is 2.43. The lowest BCUT2D eigenvalue weighted by atomic mass is 9.86. The molecule has 0 unspecified atom stereocenters. The minimum atomic E-state index is -1.95. The molecular weight excluding hydrogens is 588 g/mol. The fraction of sp³-hybridized carbons (Fsp3) is 0.300. The van der Waals surface area contributed by atoms with Crippen molar-refractivity contribution in [3.8, 4) is 22.4 Å². The fourth-order valence-corrected chi connectivity index (χ4v) is 5.69. The summed E-state index contributed by atoms with van der Waals surface area (Å²) in [5.74, 6) is -7.49. The van der Waals surface area contributed by atoms with E-state index < -0.39 is 72.0 Å².